The second kappa shape index (κ2) is 5.35. The lowest BCUT2D eigenvalue weighted by molar-refractivity contribution is 0.517. The zero-order chi connectivity index (χ0) is 13.1. The van der Waals surface area contributed by atoms with E-state index in [4.69, 9.17) is 0 Å². The van der Waals surface area contributed by atoms with Crippen molar-refractivity contribution in [2.75, 3.05) is 0 Å². The molecular weight excluding hydrogens is 226 g/mol. The van der Waals surface area contributed by atoms with Crippen LogP contribution in [0.5, 0.6) is 0 Å². The fraction of sp³-hybridized carbons (Fsp3) is 0.538. The van der Waals surface area contributed by atoms with E-state index in [-0.39, 0.29) is 0 Å². The molecule has 0 atom stereocenters. The van der Waals surface area contributed by atoms with Gasteiger partial charge in [0.2, 0.25) is 0 Å². The molecule has 0 saturated carbocycles. The Bertz CT molecular complexity index is 509. The molecule has 2 heterocycles. The van der Waals surface area contributed by atoms with Crippen molar-refractivity contribution in [3.63, 3.8) is 0 Å². The Kier molecular flexibility index (Phi) is 3.81. The van der Waals surface area contributed by atoms with Gasteiger partial charge < -0.3 is 5.32 Å². The maximum Gasteiger partial charge on any atom is 0.0762 e. The van der Waals surface area contributed by atoms with Gasteiger partial charge in [0.1, 0.15) is 0 Å². The Morgan fingerprint density at radius 1 is 1.33 bits per heavy atom. The highest BCUT2D eigenvalue weighted by Gasteiger charge is 2.08. The highest BCUT2D eigenvalue weighted by Crippen LogP contribution is 2.12. The summed E-state index contributed by atoms with van der Waals surface area (Å²) in [7, 11) is 1.93. The van der Waals surface area contributed by atoms with E-state index < -0.39 is 0 Å². The van der Waals surface area contributed by atoms with Crippen LogP contribution in [0.15, 0.2) is 18.5 Å². The van der Waals surface area contributed by atoms with Gasteiger partial charge in [0.15, 0.2) is 0 Å². The number of hydrogen-bond donors (Lipinski definition) is 1. The van der Waals surface area contributed by atoms with Crippen molar-refractivity contribution in [3.05, 3.63) is 35.4 Å². The molecule has 0 unspecified atom stereocenters. The maximum atomic E-state index is 4.40. The number of aromatic nitrogens is 4. The molecular formula is C13H21N5. The average molecular weight is 247 g/mol. The van der Waals surface area contributed by atoms with Crippen molar-refractivity contribution >= 4 is 0 Å². The quantitative estimate of drug-likeness (QED) is 0.876. The van der Waals surface area contributed by atoms with E-state index >= 15 is 0 Å². The van der Waals surface area contributed by atoms with Crippen molar-refractivity contribution in [1.29, 1.82) is 0 Å². The minimum atomic E-state index is 0.412. The summed E-state index contributed by atoms with van der Waals surface area (Å²) in [5.41, 5.74) is 3.55. The lowest BCUT2D eigenvalue weighted by atomic mass is 10.2. The molecule has 98 valence electrons. The maximum absolute atomic E-state index is 4.40. The summed E-state index contributed by atoms with van der Waals surface area (Å²) in [5.74, 6) is 0. The van der Waals surface area contributed by atoms with Crippen LogP contribution in [0.3, 0.4) is 0 Å². The molecule has 0 amide bonds. The topological polar surface area (TPSA) is 47.7 Å². The molecule has 5 nitrogen and oxygen atoms in total. The monoisotopic (exact) mass is 247 g/mol. The zero-order valence-corrected chi connectivity index (χ0v) is 11.5. The molecule has 0 aromatic carbocycles. The highest BCUT2D eigenvalue weighted by molar-refractivity contribution is 5.16. The van der Waals surface area contributed by atoms with Crippen LogP contribution in [0, 0.1) is 6.92 Å². The molecule has 18 heavy (non-hydrogen) atoms. The minimum Gasteiger partial charge on any atom is -0.307 e. The molecule has 2 rings (SSSR count). The van der Waals surface area contributed by atoms with Crippen LogP contribution >= 0.6 is 0 Å². The van der Waals surface area contributed by atoms with Gasteiger partial charge in [-0.3, -0.25) is 9.36 Å². The van der Waals surface area contributed by atoms with E-state index in [9.17, 15) is 0 Å². The smallest absolute Gasteiger partial charge is 0.0762 e. The predicted octanol–water partition coefficient (Wildman–Crippen LogP) is 1.80. The Morgan fingerprint density at radius 2 is 2.11 bits per heavy atom. The summed E-state index contributed by atoms with van der Waals surface area (Å²) < 4.78 is 3.87. The lowest BCUT2D eigenvalue weighted by Crippen LogP contribution is -2.14. The number of aryl methyl sites for hydroxylation is 1. The first-order chi connectivity index (χ1) is 8.58. The van der Waals surface area contributed by atoms with Crippen LogP contribution in [-0.2, 0) is 20.1 Å². The number of nitrogens with one attached hydrogen (secondary N) is 1. The van der Waals surface area contributed by atoms with E-state index in [0.717, 1.165) is 18.8 Å². The van der Waals surface area contributed by atoms with Gasteiger partial charge in [0, 0.05) is 43.6 Å². The molecule has 0 fully saturated rings. The SMILES string of the molecule is Cc1c(CNCc2ccn(C)n2)cnn1C(C)C. The molecule has 0 aliphatic carbocycles. The summed E-state index contributed by atoms with van der Waals surface area (Å²) in [6.07, 6.45) is 3.90. The Labute approximate surface area is 108 Å². The molecule has 0 aliphatic heterocycles. The molecule has 0 bridgehead atoms. The molecule has 2 aromatic heterocycles. The van der Waals surface area contributed by atoms with Crippen molar-refractivity contribution in [2.24, 2.45) is 7.05 Å². The Hall–Kier alpha value is -1.62. The number of hydrogen-bond acceptors (Lipinski definition) is 3. The fourth-order valence-electron chi connectivity index (χ4n) is 2.04. The first-order valence-corrected chi connectivity index (χ1v) is 6.30. The van der Waals surface area contributed by atoms with Crippen LogP contribution in [0.4, 0.5) is 0 Å². The molecule has 0 aliphatic rings. The summed E-state index contributed by atoms with van der Waals surface area (Å²) in [4.78, 5) is 0. The van der Waals surface area contributed by atoms with Gasteiger partial charge in [-0.25, -0.2) is 0 Å². The molecule has 0 saturated heterocycles. The second-order valence-corrected chi connectivity index (χ2v) is 4.88. The van der Waals surface area contributed by atoms with Gasteiger partial charge in [-0.15, -0.1) is 0 Å². The van der Waals surface area contributed by atoms with Gasteiger partial charge in [-0.2, -0.15) is 10.2 Å². The van der Waals surface area contributed by atoms with E-state index in [1.54, 1.807) is 0 Å². The van der Waals surface area contributed by atoms with Crippen LogP contribution in [0.25, 0.3) is 0 Å². The summed E-state index contributed by atoms with van der Waals surface area (Å²) in [5, 5.41) is 12.1. The van der Waals surface area contributed by atoms with Gasteiger partial charge in [0.05, 0.1) is 11.9 Å². The van der Waals surface area contributed by atoms with Crippen molar-refractivity contribution < 1.29 is 0 Å². The zero-order valence-electron chi connectivity index (χ0n) is 11.5. The summed E-state index contributed by atoms with van der Waals surface area (Å²) in [6.45, 7) is 8.02. The Morgan fingerprint density at radius 3 is 2.67 bits per heavy atom. The summed E-state index contributed by atoms with van der Waals surface area (Å²) in [6, 6.07) is 2.44. The summed E-state index contributed by atoms with van der Waals surface area (Å²) >= 11 is 0. The molecule has 0 spiro atoms. The average Bonchev–Trinajstić information content (AvgIpc) is 2.87. The van der Waals surface area contributed by atoms with Crippen LogP contribution in [-0.4, -0.2) is 19.6 Å². The molecule has 1 N–H and O–H groups in total. The third-order valence-electron chi connectivity index (χ3n) is 3.03. The molecule has 5 heteroatoms. The number of rotatable bonds is 5. The van der Waals surface area contributed by atoms with Crippen molar-refractivity contribution in [1.82, 2.24) is 24.9 Å². The van der Waals surface area contributed by atoms with Crippen LogP contribution in [0.2, 0.25) is 0 Å². The van der Waals surface area contributed by atoms with Crippen LogP contribution < -0.4 is 5.32 Å². The van der Waals surface area contributed by atoms with Gasteiger partial charge in [-0.1, -0.05) is 0 Å². The van der Waals surface area contributed by atoms with Gasteiger partial charge in [0.25, 0.3) is 0 Å². The van der Waals surface area contributed by atoms with Gasteiger partial charge in [-0.05, 0) is 26.8 Å². The third-order valence-corrected chi connectivity index (χ3v) is 3.03. The first kappa shape index (κ1) is 12.8. The molecule has 0 radical (unpaired) electrons. The standard InChI is InChI=1S/C13H21N5/c1-10(2)18-11(3)12(8-15-18)7-14-9-13-5-6-17(4)16-13/h5-6,8,10,14H,7,9H2,1-4H3. The van der Waals surface area contributed by atoms with E-state index in [1.165, 1.54) is 11.3 Å². The van der Waals surface area contributed by atoms with E-state index in [2.05, 4.69) is 41.0 Å². The van der Waals surface area contributed by atoms with Crippen molar-refractivity contribution in [3.8, 4) is 0 Å². The largest absolute Gasteiger partial charge is 0.307 e. The first-order valence-electron chi connectivity index (χ1n) is 6.30. The number of nitrogens with zero attached hydrogens (tertiary/aromatic N) is 4. The predicted molar refractivity (Wildman–Crippen MR) is 71.1 cm³/mol. The molecule has 2 aromatic rings. The Balaban J connectivity index is 1.90. The minimum absolute atomic E-state index is 0.412. The normalized spacial score (nSPS) is 11.4. The third kappa shape index (κ3) is 2.79. The van der Waals surface area contributed by atoms with E-state index in [0.29, 0.717) is 6.04 Å². The second-order valence-electron chi connectivity index (χ2n) is 4.88. The van der Waals surface area contributed by atoms with E-state index in [1.807, 2.05) is 30.2 Å². The fourth-order valence-corrected chi connectivity index (χ4v) is 2.04. The highest BCUT2D eigenvalue weighted by atomic mass is 15.3. The van der Waals surface area contributed by atoms with Crippen LogP contribution in [0.1, 0.15) is 36.8 Å². The van der Waals surface area contributed by atoms with Gasteiger partial charge >= 0.3 is 0 Å². The lowest BCUT2D eigenvalue weighted by Gasteiger charge is -2.09. The van der Waals surface area contributed by atoms with Crippen molar-refractivity contribution in [2.45, 2.75) is 39.9 Å².